The van der Waals surface area contributed by atoms with Crippen LogP contribution in [0.4, 0.5) is 11.4 Å². The number of hydrogen-bond donors (Lipinski definition) is 4. The number of amides is 2. The van der Waals surface area contributed by atoms with Gasteiger partial charge in [-0.05, 0) is 53.6 Å². The molecule has 0 atom stereocenters. The minimum atomic E-state index is -0.323. The lowest BCUT2D eigenvalue weighted by Gasteiger charge is -2.10. The molecule has 6 N–H and O–H groups in total. The molecule has 6 heteroatoms. The summed E-state index contributed by atoms with van der Waals surface area (Å²) in [5.74, 6) is 1.84. The number of nitrogen functional groups attached to an aromatic ring is 2. The normalized spacial score (nSPS) is 10.1. The Kier molecular flexibility index (Phi) is 6.36. The first-order valence-corrected chi connectivity index (χ1v) is 9.31. The zero-order valence-corrected chi connectivity index (χ0v) is 16.3. The maximum Gasteiger partial charge on any atom is 0.251 e. The smallest absolute Gasteiger partial charge is 0.251 e. The molecule has 0 aromatic heterocycles. The van der Waals surface area contributed by atoms with Gasteiger partial charge in [0.15, 0.2) is 0 Å². The molecule has 0 unspecified atom stereocenters. The Bertz CT molecular complexity index is 1020. The van der Waals surface area contributed by atoms with Crippen LogP contribution in [-0.2, 0) is 13.1 Å². The minimum Gasteiger partial charge on any atom is -0.399 e. The molecule has 0 aliphatic rings. The van der Waals surface area contributed by atoms with Crippen LogP contribution in [-0.4, -0.2) is 11.8 Å². The van der Waals surface area contributed by atoms with Gasteiger partial charge in [-0.25, -0.2) is 0 Å². The number of terminal acetylenes is 1. The lowest BCUT2D eigenvalue weighted by molar-refractivity contribution is 0.0950. The second-order valence-corrected chi connectivity index (χ2v) is 6.79. The summed E-state index contributed by atoms with van der Waals surface area (Å²) in [7, 11) is 0. The Morgan fingerprint density at radius 3 is 1.50 bits per heavy atom. The summed E-state index contributed by atoms with van der Waals surface area (Å²) in [5, 5.41) is 5.65. The lowest BCUT2D eigenvalue weighted by Crippen LogP contribution is -2.25. The molecule has 3 rings (SSSR count). The first kappa shape index (κ1) is 20.5. The zero-order chi connectivity index (χ0) is 21.5. The van der Waals surface area contributed by atoms with E-state index in [2.05, 4.69) is 16.6 Å². The summed E-state index contributed by atoms with van der Waals surface area (Å²) < 4.78 is 0. The predicted molar refractivity (Wildman–Crippen MR) is 118 cm³/mol. The maximum absolute atomic E-state index is 12.6. The van der Waals surface area contributed by atoms with Crippen molar-refractivity contribution in [3.05, 3.63) is 94.5 Å². The first-order valence-electron chi connectivity index (χ1n) is 9.31. The van der Waals surface area contributed by atoms with E-state index in [1.165, 1.54) is 6.07 Å². The van der Waals surface area contributed by atoms with Crippen LogP contribution in [0.1, 0.15) is 37.4 Å². The zero-order valence-electron chi connectivity index (χ0n) is 16.3. The molecule has 0 spiro atoms. The number of carbonyl (C=O) groups is 2. The van der Waals surface area contributed by atoms with Crippen LogP contribution >= 0.6 is 0 Å². The molecular formula is C24H22N4O2. The quantitative estimate of drug-likeness (QED) is 0.378. The second kappa shape index (κ2) is 9.30. The predicted octanol–water partition coefficient (Wildman–Crippen LogP) is 2.69. The molecule has 0 saturated heterocycles. The highest BCUT2D eigenvalue weighted by Gasteiger charge is 2.13. The van der Waals surface area contributed by atoms with Crippen LogP contribution in [0.5, 0.6) is 0 Å². The van der Waals surface area contributed by atoms with Crippen molar-refractivity contribution in [1.82, 2.24) is 10.6 Å². The fourth-order valence-corrected chi connectivity index (χ4v) is 2.81. The Morgan fingerprint density at radius 1 is 0.733 bits per heavy atom. The van der Waals surface area contributed by atoms with Gasteiger partial charge in [0.2, 0.25) is 0 Å². The molecule has 0 heterocycles. The van der Waals surface area contributed by atoms with E-state index in [0.29, 0.717) is 41.2 Å². The minimum absolute atomic E-state index is 0.318. The van der Waals surface area contributed by atoms with Gasteiger partial charge >= 0.3 is 0 Å². The molecule has 0 aliphatic carbocycles. The van der Waals surface area contributed by atoms with Gasteiger partial charge < -0.3 is 22.1 Å². The molecule has 6 nitrogen and oxygen atoms in total. The Hall–Kier alpha value is -4.24. The Balaban J connectivity index is 1.69. The molecule has 0 saturated carbocycles. The highest BCUT2D eigenvalue weighted by Crippen LogP contribution is 2.12. The van der Waals surface area contributed by atoms with Crippen molar-refractivity contribution in [2.75, 3.05) is 11.5 Å². The van der Waals surface area contributed by atoms with Crippen molar-refractivity contribution in [1.29, 1.82) is 0 Å². The Labute approximate surface area is 175 Å². The van der Waals surface area contributed by atoms with Gasteiger partial charge in [0.25, 0.3) is 11.8 Å². The van der Waals surface area contributed by atoms with Crippen molar-refractivity contribution < 1.29 is 9.59 Å². The third-order valence-electron chi connectivity index (χ3n) is 4.49. The number of rotatable bonds is 6. The third kappa shape index (κ3) is 5.40. The molecule has 0 fully saturated rings. The van der Waals surface area contributed by atoms with Crippen LogP contribution < -0.4 is 22.1 Å². The number of carbonyl (C=O) groups excluding carboxylic acids is 2. The van der Waals surface area contributed by atoms with Crippen molar-refractivity contribution >= 4 is 23.2 Å². The van der Waals surface area contributed by atoms with Crippen LogP contribution in [0.3, 0.4) is 0 Å². The summed E-state index contributed by atoms with van der Waals surface area (Å²) in [5.41, 5.74) is 15.6. The van der Waals surface area contributed by atoms with E-state index in [4.69, 9.17) is 17.9 Å². The SMILES string of the molecule is C#Cc1cc(C(=O)NCc2ccc(N)cc2)cc(C(=O)NCc2ccc(N)cc2)c1. The van der Waals surface area contributed by atoms with Crippen LogP contribution in [0.15, 0.2) is 66.7 Å². The van der Waals surface area contributed by atoms with E-state index in [0.717, 1.165) is 11.1 Å². The van der Waals surface area contributed by atoms with Crippen molar-refractivity contribution in [3.63, 3.8) is 0 Å². The summed E-state index contributed by atoms with van der Waals surface area (Å²) in [6, 6.07) is 19.1. The molecule has 30 heavy (non-hydrogen) atoms. The number of benzene rings is 3. The summed E-state index contributed by atoms with van der Waals surface area (Å²) in [4.78, 5) is 25.2. The van der Waals surface area contributed by atoms with Gasteiger partial charge in [0.1, 0.15) is 0 Å². The van der Waals surface area contributed by atoms with E-state index in [1.807, 2.05) is 24.3 Å². The first-order chi connectivity index (χ1) is 14.4. The van der Waals surface area contributed by atoms with Crippen LogP contribution in [0.2, 0.25) is 0 Å². The van der Waals surface area contributed by atoms with E-state index >= 15 is 0 Å². The number of nitrogens with one attached hydrogen (secondary N) is 2. The van der Waals surface area contributed by atoms with E-state index in [9.17, 15) is 9.59 Å². The van der Waals surface area contributed by atoms with E-state index < -0.39 is 0 Å². The topological polar surface area (TPSA) is 110 Å². The average molecular weight is 398 g/mol. The molecule has 0 radical (unpaired) electrons. The highest BCUT2D eigenvalue weighted by atomic mass is 16.2. The van der Waals surface area contributed by atoms with Gasteiger partial charge in [0, 0.05) is 41.2 Å². The number of nitrogens with two attached hydrogens (primary N) is 2. The van der Waals surface area contributed by atoms with Crippen LogP contribution in [0, 0.1) is 12.3 Å². The molecule has 3 aromatic carbocycles. The molecular weight excluding hydrogens is 376 g/mol. The van der Waals surface area contributed by atoms with Crippen molar-refractivity contribution in [2.24, 2.45) is 0 Å². The molecule has 3 aromatic rings. The summed E-state index contributed by atoms with van der Waals surface area (Å²) in [6.45, 7) is 0.663. The highest BCUT2D eigenvalue weighted by molar-refractivity contribution is 6.00. The van der Waals surface area contributed by atoms with Gasteiger partial charge in [-0.2, -0.15) is 0 Å². The van der Waals surface area contributed by atoms with Gasteiger partial charge in [-0.1, -0.05) is 30.2 Å². The van der Waals surface area contributed by atoms with Crippen molar-refractivity contribution in [3.8, 4) is 12.3 Å². The van der Waals surface area contributed by atoms with Gasteiger partial charge in [-0.15, -0.1) is 6.42 Å². The monoisotopic (exact) mass is 398 g/mol. The fourth-order valence-electron chi connectivity index (χ4n) is 2.81. The van der Waals surface area contributed by atoms with E-state index in [1.54, 1.807) is 36.4 Å². The van der Waals surface area contributed by atoms with Gasteiger partial charge in [-0.3, -0.25) is 9.59 Å². The second-order valence-electron chi connectivity index (χ2n) is 6.79. The lowest BCUT2D eigenvalue weighted by atomic mass is 10.0. The summed E-state index contributed by atoms with van der Waals surface area (Å²) >= 11 is 0. The molecule has 0 aliphatic heterocycles. The molecule has 150 valence electrons. The summed E-state index contributed by atoms with van der Waals surface area (Å²) in [6.07, 6.45) is 5.51. The Morgan fingerprint density at radius 2 is 1.13 bits per heavy atom. The van der Waals surface area contributed by atoms with Gasteiger partial charge in [0.05, 0.1) is 0 Å². The maximum atomic E-state index is 12.6. The largest absolute Gasteiger partial charge is 0.399 e. The van der Waals surface area contributed by atoms with Crippen molar-refractivity contribution in [2.45, 2.75) is 13.1 Å². The van der Waals surface area contributed by atoms with E-state index in [-0.39, 0.29) is 11.8 Å². The average Bonchev–Trinajstić information content (AvgIpc) is 2.77. The van der Waals surface area contributed by atoms with Crippen LogP contribution in [0.25, 0.3) is 0 Å². The number of hydrogen-bond acceptors (Lipinski definition) is 4. The molecule has 0 bridgehead atoms. The molecule has 2 amide bonds. The third-order valence-corrected chi connectivity index (χ3v) is 4.49. The standard InChI is InChI=1S/C24H22N4O2/c1-2-16-11-19(23(29)27-14-17-3-7-21(25)8-4-17)13-20(12-16)24(30)28-15-18-5-9-22(26)10-6-18/h1,3-13H,14-15,25-26H2,(H,27,29)(H,28,30). The number of anilines is 2. The fraction of sp³-hybridized carbons (Fsp3) is 0.0833.